The van der Waals surface area contributed by atoms with Crippen LogP contribution in [0, 0.1) is 5.92 Å². The summed E-state index contributed by atoms with van der Waals surface area (Å²) in [5.41, 5.74) is 2.49. The van der Waals surface area contributed by atoms with Crippen molar-refractivity contribution in [3.8, 4) is 0 Å². The molecular formula is C22H30IN7. The van der Waals surface area contributed by atoms with E-state index in [2.05, 4.69) is 67.2 Å². The maximum Gasteiger partial charge on any atom is 0.193 e. The molecule has 1 aliphatic rings. The minimum atomic E-state index is 0. The first-order valence-corrected chi connectivity index (χ1v) is 10.2. The molecule has 1 saturated heterocycles. The molecule has 7 nitrogen and oxygen atoms in total. The maximum atomic E-state index is 4.54. The first-order chi connectivity index (χ1) is 14.2. The Morgan fingerprint density at radius 2 is 2.07 bits per heavy atom. The Bertz CT molecular complexity index is 921. The van der Waals surface area contributed by atoms with Crippen molar-refractivity contribution in [1.29, 1.82) is 0 Å². The molecule has 1 fully saturated rings. The maximum absolute atomic E-state index is 4.54. The Hall–Kier alpha value is -2.36. The van der Waals surface area contributed by atoms with Crippen LogP contribution < -0.4 is 5.32 Å². The van der Waals surface area contributed by atoms with Gasteiger partial charge >= 0.3 is 0 Å². The lowest BCUT2D eigenvalue weighted by Gasteiger charge is -2.39. The van der Waals surface area contributed by atoms with Gasteiger partial charge in [-0.3, -0.25) is 9.67 Å². The second-order valence-electron chi connectivity index (χ2n) is 7.71. The van der Waals surface area contributed by atoms with Gasteiger partial charge in [0.25, 0.3) is 0 Å². The SMILES string of the molecule is CN=C(NCc1cccc(Cn2cccn2)c1)N1CCC(C)C(n2ccnc2)C1.I. The Balaban J connectivity index is 0.00000256. The van der Waals surface area contributed by atoms with Crippen molar-refractivity contribution in [3.05, 3.63) is 72.6 Å². The second kappa shape index (κ2) is 10.6. The van der Waals surface area contributed by atoms with E-state index in [4.69, 9.17) is 0 Å². The van der Waals surface area contributed by atoms with E-state index in [1.165, 1.54) is 11.1 Å². The summed E-state index contributed by atoms with van der Waals surface area (Å²) in [6.45, 7) is 5.82. The van der Waals surface area contributed by atoms with Crippen LogP contribution >= 0.6 is 24.0 Å². The summed E-state index contributed by atoms with van der Waals surface area (Å²) in [5, 5.41) is 7.84. The van der Waals surface area contributed by atoms with Crippen molar-refractivity contribution in [2.75, 3.05) is 20.1 Å². The van der Waals surface area contributed by atoms with E-state index in [9.17, 15) is 0 Å². The number of aliphatic imine (C=N–C) groups is 1. The third-order valence-corrected chi connectivity index (χ3v) is 5.68. The number of likely N-dealkylation sites (tertiary alicyclic amines) is 1. The van der Waals surface area contributed by atoms with Gasteiger partial charge in [-0.1, -0.05) is 31.2 Å². The van der Waals surface area contributed by atoms with Gasteiger partial charge in [-0.05, 0) is 29.5 Å². The molecule has 2 aromatic heterocycles. The molecule has 4 rings (SSSR count). The lowest BCUT2D eigenvalue weighted by molar-refractivity contribution is 0.189. The van der Waals surface area contributed by atoms with E-state index in [0.717, 1.165) is 38.6 Å². The fourth-order valence-corrected chi connectivity index (χ4v) is 4.03. The monoisotopic (exact) mass is 519 g/mol. The Labute approximate surface area is 195 Å². The van der Waals surface area contributed by atoms with Crippen molar-refractivity contribution in [1.82, 2.24) is 29.5 Å². The zero-order chi connectivity index (χ0) is 20.1. The summed E-state index contributed by atoms with van der Waals surface area (Å²) in [7, 11) is 1.86. The van der Waals surface area contributed by atoms with Gasteiger partial charge in [0.15, 0.2) is 5.96 Å². The molecule has 0 radical (unpaired) electrons. The zero-order valence-electron chi connectivity index (χ0n) is 17.6. The number of imidazole rings is 1. The van der Waals surface area contributed by atoms with E-state index < -0.39 is 0 Å². The van der Waals surface area contributed by atoms with Crippen LogP contribution in [-0.4, -0.2) is 50.3 Å². The predicted octanol–water partition coefficient (Wildman–Crippen LogP) is 3.40. The lowest BCUT2D eigenvalue weighted by atomic mass is 9.93. The number of aromatic nitrogens is 4. The third kappa shape index (κ3) is 5.41. The number of halogens is 1. The van der Waals surface area contributed by atoms with E-state index >= 15 is 0 Å². The van der Waals surface area contributed by atoms with Gasteiger partial charge in [-0.2, -0.15) is 5.10 Å². The van der Waals surface area contributed by atoms with Gasteiger partial charge in [0.05, 0.1) is 18.9 Å². The molecule has 3 aromatic rings. The van der Waals surface area contributed by atoms with Crippen LogP contribution in [0.4, 0.5) is 0 Å². The highest BCUT2D eigenvalue weighted by Gasteiger charge is 2.28. The fraction of sp³-hybridized carbons (Fsp3) is 0.409. The summed E-state index contributed by atoms with van der Waals surface area (Å²) in [6.07, 6.45) is 10.8. The fourth-order valence-electron chi connectivity index (χ4n) is 4.03. The Kier molecular flexibility index (Phi) is 7.89. The second-order valence-corrected chi connectivity index (χ2v) is 7.71. The molecule has 1 N–H and O–H groups in total. The highest BCUT2D eigenvalue weighted by Crippen LogP contribution is 2.27. The normalized spacial score (nSPS) is 19.4. The highest BCUT2D eigenvalue weighted by molar-refractivity contribution is 14.0. The van der Waals surface area contributed by atoms with Crippen LogP contribution in [0.25, 0.3) is 0 Å². The topological polar surface area (TPSA) is 63.3 Å². The average Bonchev–Trinajstić information content (AvgIpc) is 3.44. The molecule has 0 aliphatic carbocycles. The molecule has 0 saturated carbocycles. The molecule has 160 valence electrons. The van der Waals surface area contributed by atoms with Crippen LogP contribution in [0.2, 0.25) is 0 Å². The van der Waals surface area contributed by atoms with Gasteiger partial charge in [0, 0.05) is 51.5 Å². The summed E-state index contributed by atoms with van der Waals surface area (Å²) < 4.78 is 4.17. The summed E-state index contributed by atoms with van der Waals surface area (Å²) >= 11 is 0. The molecule has 0 spiro atoms. The molecule has 1 aromatic carbocycles. The van der Waals surface area contributed by atoms with Crippen LogP contribution in [0.1, 0.15) is 30.5 Å². The van der Waals surface area contributed by atoms with Crippen LogP contribution in [0.3, 0.4) is 0 Å². The molecular weight excluding hydrogens is 489 g/mol. The predicted molar refractivity (Wildman–Crippen MR) is 130 cm³/mol. The first-order valence-electron chi connectivity index (χ1n) is 10.2. The quantitative estimate of drug-likeness (QED) is 0.319. The van der Waals surface area contributed by atoms with Gasteiger partial charge in [-0.25, -0.2) is 4.98 Å². The molecule has 0 amide bonds. The molecule has 0 bridgehead atoms. The molecule has 1 aliphatic heterocycles. The van der Waals surface area contributed by atoms with Gasteiger partial charge < -0.3 is 14.8 Å². The van der Waals surface area contributed by atoms with Crippen LogP contribution in [-0.2, 0) is 13.1 Å². The standard InChI is InChI=1S/C22H29N7.HI/c1-18-7-11-27(16-21(18)28-12-9-24-17-28)22(23-2)25-14-19-5-3-6-20(13-19)15-29-10-4-8-26-29;/h3-6,8-10,12-13,17-18,21H,7,11,14-16H2,1-2H3,(H,23,25);1H. The number of guanidine groups is 1. The molecule has 8 heteroatoms. The smallest absolute Gasteiger partial charge is 0.193 e. The number of hydrogen-bond acceptors (Lipinski definition) is 3. The zero-order valence-corrected chi connectivity index (χ0v) is 19.9. The minimum absolute atomic E-state index is 0. The molecule has 30 heavy (non-hydrogen) atoms. The van der Waals surface area contributed by atoms with Gasteiger partial charge in [0.1, 0.15) is 0 Å². The highest BCUT2D eigenvalue weighted by atomic mass is 127. The largest absolute Gasteiger partial charge is 0.352 e. The number of nitrogens with one attached hydrogen (secondary N) is 1. The Morgan fingerprint density at radius 1 is 1.20 bits per heavy atom. The minimum Gasteiger partial charge on any atom is -0.352 e. The Morgan fingerprint density at radius 3 is 2.80 bits per heavy atom. The molecule has 2 atom stereocenters. The molecule has 2 unspecified atom stereocenters. The van der Waals surface area contributed by atoms with E-state index in [-0.39, 0.29) is 24.0 Å². The van der Waals surface area contributed by atoms with Crippen molar-refractivity contribution >= 4 is 29.9 Å². The van der Waals surface area contributed by atoms with E-state index in [1.807, 2.05) is 42.7 Å². The van der Waals surface area contributed by atoms with E-state index in [0.29, 0.717) is 12.0 Å². The number of hydrogen-bond donors (Lipinski definition) is 1. The summed E-state index contributed by atoms with van der Waals surface area (Å²) in [4.78, 5) is 11.1. The molecule has 3 heterocycles. The lowest BCUT2D eigenvalue weighted by Crippen LogP contribution is -2.48. The van der Waals surface area contributed by atoms with Crippen LogP contribution in [0.15, 0.2) is 66.4 Å². The number of nitrogens with zero attached hydrogens (tertiary/aromatic N) is 6. The first kappa shape index (κ1) is 22.3. The van der Waals surface area contributed by atoms with Gasteiger partial charge in [0.2, 0.25) is 0 Å². The van der Waals surface area contributed by atoms with Crippen molar-refractivity contribution in [3.63, 3.8) is 0 Å². The average molecular weight is 519 g/mol. The van der Waals surface area contributed by atoms with Crippen molar-refractivity contribution in [2.24, 2.45) is 10.9 Å². The summed E-state index contributed by atoms with van der Waals surface area (Å²) in [6, 6.07) is 11.0. The van der Waals surface area contributed by atoms with Crippen LogP contribution in [0.5, 0.6) is 0 Å². The summed E-state index contributed by atoms with van der Waals surface area (Å²) in [5.74, 6) is 1.58. The van der Waals surface area contributed by atoms with Gasteiger partial charge in [-0.15, -0.1) is 24.0 Å². The van der Waals surface area contributed by atoms with E-state index in [1.54, 1.807) is 0 Å². The van der Waals surface area contributed by atoms with Crippen molar-refractivity contribution < 1.29 is 0 Å². The number of piperidine rings is 1. The number of benzene rings is 1. The third-order valence-electron chi connectivity index (χ3n) is 5.68. The van der Waals surface area contributed by atoms with Crippen molar-refractivity contribution in [2.45, 2.75) is 32.5 Å². The number of rotatable bonds is 5.